The van der Waals surface area contributed by atoms with Crippen LogP contribution in [0.4, 0.5) is 0 Å². The Balaban J connectivity index is 1.87. The van der Waals surface area contributed by atoms with Gasteiger partial charge in [-0.25, -0.2) is 0 Å². The molecule has 18 heavy (non-hydrogen) atoms. The van der Waals surface area contributed by atoms with Crippen LogP contribution < -0.4 is 5.32 Å². The number of hydrogen-bond acceptors (Lipinski definition) is 3. The van der Waals surface area contributed by atoms with Gasteiger partial charge in [-0.2, -0.15) is 0 Å². The molecule has 0 aromatic heterocycles. The van der Waals surface area contributed by atoms with Crippen molar-refractivity contribution in [1.29, 1.82) is 0 Å². The van der Waals surface area contributed by atoms with Gasteiger partial charge in [-0.15, -0.1) is 11.8 Å². The molecule has 1 aliphatic heterocycles. The summed E-state index contributed by atoms with van der Waals surface area (Å²) in [5.74, 6) is 0.727. The molecule has 102 valence electrons. The average Bonchev–Trinajstić information content (AvgIpc) is 2.73. The Bertz CT molecular complexity index is 342. The summed E-state index contributed by atoms with van der Waals surface area (Å²) in [6.45, 7) is 4.49. The minimum Gasteiger partial charge on any atom is -0.480 e. The number of carboxylic acids is 1. The van der Waals surface area contributed by atoms with Gasteiger partial charge in [-0.1, -0.05) is 25.5 Å². The molecular formula is C14H23NO2S. The third-order valence-electron chi connectivity index (χ3n) is 3.84. The highest BCUT2D eigenvalue weighted by molar-refractivity contribution is 8.00. The third kappa shape index (κ3) is 3.29. The minimum absolute atomic E-state index is 0.0399. The first-order valence-corrected chi connectivity index (χ1v) is 7.82. The zero-order chi connectivity index (χ0) is 13.2. The highest BCUT2D eigenvalue weighted by Crippen LogP contribution is 2.43. The predicted molar refractivity (Wildman–Crippen MR) is 75.8 cm³/mol. The van der Waals surface area contributed by atoms with Crippen LogP contribution in [-0.2, 0) is 4.79 Å². The first-order chi connectivity index (χ1) is 8.51. The highest BCUT2D eigenvalue weighted by atomic mass is 32.2. The fourth-order valence-corrected chi connectivity index (χ4v) is 4.08. The molecule has 0 amide bonds. The molecule has 0 aromatic rings. The summed E-state index contributed by atoms with van der Waals surface area (Å²) in [7, 11) is 0. The van der Waals surface area contributed by atoms with E-state index in [9.17, 15) is 4.79 Å². The molecule has 2 N–H and O–H groups in total. The number of rotatable bonds is 3. The van der Waals surface area contributed by atoms with Gasteiger partial charge in [0.2, 0.25) is 0 Å². The monoisotopic (exact) mass is 269 g/mol. The van der Waals surface area contributed by atoms with E-state index in [1.54, 1.807) is 5.57 Å². The molecule has 0 aromatic carbocycles. The SMILES string of the molecule is CC(C)CC=C1CCC2(CC1)N[C@H](C(=O)O)CS2. The quantitative estimate of drug-likeness (QED) is 0.773. The molecule has 0 bridgehead atoms. The molecule has 0 unspecified atom stereocenters. The Hall–Kier alpha value is -0.480. The van der Waals surface area contributed by atoms with Crippen molar-refractivity contribution in [2.24, 2.45) is 5.92 Å². The zero-order valence-corrected chi connectivity index (χ0v) is 12.1. The van der Waals surface area contributed by atoms with Crippen LogP contribution in [0.3, 0.4) is 0 Å². The fraction of sp³-hybridized carbons (Fsp3) is 0.786. The van der Waals surface area contributed by atoms with Gasteiger partial charge in [-0.05, 0) is 38.0 Å². The van der Waals surface area contributed by atoms with Gasteiger partial charge < -0.3 is 5.11 Å². The lowest BCUT2D eigenvalue weighted by atomic mass is 9.88. The van der Waals surface area contributed by atoms with Gasteiger partial charge in [0, 0.05) is 5.75 Å². The second kappa shape index (κ2) is 5.66. The minimum atomic E-state index is -0.708. The summed E-state index contributed by atoms with van der Waals surface area (Å²) in [4.78, 5) is 11.0. The Labute approximate surface area is 113 Å². The molecule has 1 spiro atoms. The van der Waals surface area contributed by atoms with Crippen molar-refractivity contribution in [1.82, 2.24) is 5.32 Å². The average molecular weight is 269 g/mol. The van der Waals surface area contributed by atoms with Crippen LogP contribution >= 0.6 is 11.8 Å². The number of thioether (sulfide) groups is 1. The van der Waals surface area contributed by atoms with Gasteiger partial charge >= 0.3 is 5.97 Å². The summed E-state index contributed by atoms with van der Waals surface area (Å²) in [6.07, 6.45) is 7.96. The van der Waals surface area contributed by atoms with Crippen LogP contribution in [0.15, 0.2) is 11.6 Å². The molecule has 1 heterocycles. The van der Waals surface area contributed by atoms with Crippen molar-refractivity contribution >= 4 is 17.7 Å². The Kier molecular flexibility index (Phi) is 4.38. The summed E-state index contributed by atoms with van der Waals surface area (Å²) in [5, 5.41) is 12.4. The molecular weight excluding hydrogens is 246 g/mol. The van der Waals surface area contributed by atoms with E-state index in [0.717, 1.165) is 31.6 Å². The topological polar surface area (TPSA) is 49.3 Å². The molecule has 1 aliphatic carbocycles. The van der Waals surface area contributed by atoms with Crippen LogP contribution in [0.5, 0.6) is 0 Å². The molecule has 0 radical (unpaired) electrons. The van der Waals surface area contributed by atoms with Crippen molar-refractivity contribution < 1.29 is 9.90 Å². The number of aliphatic carboxylic acids is 1. The highest BCUT2D eigenvalue weighted by Gasteiger charge is 2.43. The number of allylic oxidation sites excluding steroid dienone is 2. The van der Waals surface area contributed by atoms with E-state index >= 15 is 0 Å². The van der Waals surface area contributed by atoms with Crippen LogP contribution in [0.1, 0.15) is 46.0 Å². The Morgan fingerprint density at radius 1 is 1.56 bits per heavy atom. The molecule has 2 aliphatic rings. The van der Waals surface area contributed by atoms with Crippen LogP contribution in [-0.4, -0.2) is 27.7 Å². The maximum Gasteiger partial charge on any atom is 0.321 e. The van der Waals surface area contributed by atoms with Crippen LogP contribution in [0, 0.1) is 5.92 Å². The summed E-state index contributed by atoms with van der Waals surface area (Å²) < 4.78 is 0. The summed E-state index contributed by atoms with van der Waals surface area (Å²) in [5.41, 5.74) is 1.57. The predicted octanol–water partition coefficient (Wildman–Crippen LogP) is 3.02. The number of carbonyl (C=O) groups is 1. The van der Waals surface area contributed by atoms with Crippen molar-refractivity contribution in [2.45, 2.75) is 56.9 Å². The summed E-state index contributed by atoms with van der Waals surface area (Å²) in [6, 6.07) is -0.351. The van der Waals surface area contributed by atoms with Crippen molar-refractivity contribution in [3.8, 4) is 0 Å². The van der Waals surface area contributed by atoms with E-state index in [1.807, 2.05) is 11.8 Å². The van der Waals surface area contributed by atoms with Gasteiger partial charge in [-0.3, -0.25) is 10.1 Å². The number of nitrogens with one attached hydrogen (secondary N) is 1. The van der Waals surface area contributed by atoms with Crippen molar-refractivity contribution in [3.05, 3.63) is 11.6 Å². The van der Waals surface area contributed by atoms with Crippen molar-refractivity contribution in [3.63, 3.8) is 0 Å². The van der Waals surface area contributed by atoms with E-state index in [2.05, 4.69) is 25.2 Å². The molecule has 2 fully saturated rings. The van der Waals surface area contributed by atoms with Crippen LogP contribution in [0.2, 0.25) is 0 Å². The van der Waals surface area contributed by atoms with E-state index < -0.39 is 5.97 Å². The lowest BCUT2D eigenvalue weighted by Gasteiger charge is -2.34. The maximum absolute atomic E-state index is 11.0. The second-order valence-electron chi connectivity index (χ2n) is 5.83. The third-order valence-corrected chi connectivity index (χ3v) is 5.42. The van der Waals surface area contributed by atoms with Crippen molar-refractivity contribution in [2.75, 3.05) is 5.75 Å². The number of carboxylic acid groups (broad SMARTS) is 1. The Morgan fingerprint density at radius 2 is 2.22 bits per heavy atom. The number of hydrogen-bond donors (Lipinski definition) is 2. The van der Waals surface area contributed by atoms with E-state index in [0.29, 0.717) is 5.75 Å². The molecule has 1 saturated carbocycles. The molecule has 2 rings (SSSR count). The van der Waals surface area contributed by atoms with E-state index in [-0.39, 0.29) is 10.9 Å². The maximum atomic E-state index is 11.0. The standard InChI is InChI=1S/C14H23NO2S/c1-10(2)3-4-11-5-7-14(8-6-11)15-12(9-18-14)13(16)17/h4,10,12,15H,3,5-9H2,1-2H3,(H,16,17)/t12-,14?/m0/s1. The second-order valence-corrected chi connectivity index (χ2v) is 7.24. The molecule has 1 atom stereocenters. The van der Waals surface area contributed by atoms with Gasteiger partial charge in [0.05, 0.1) is 4.87 Å². The van der Waals surface area contributed by atoms with E-state index in [1.165, 1.54) is 6.42 Å². The van der Waals surface area contributed by atoms with Crippen LogP contribution in [0.25, 0.3) is 0 Å². The largest absolute Gasteiger partial charge is 0.480 e. The lowest BCUT2D eigenvalue weighted by Crippen LogP contribution is -2.46. The molecule has 3 nitrogen and oxygen atoms in total. The first-order valence-electron chi connectivity index (χ1n) is 6.83. The fourth-order valence-electron chi connectivity index (χ4n) is 2.65. The normalized spacial score (nSPS) is 32.2. The lowest BCUT2D eigenvalue weighted by molar-refractivity contribution is -0.138. The smallest absolute Gasteiger partial charge is 0.321 e. The Morgan fingerprint density at radius 3 is 2.72 bits per heavy atom. The van der Waals surface area contributed by atoms with Gasteiger partial charge in [0.1, 0.15) is 6.04 Å². The van der Waals surface area contributed by atoms with Gasteiger partial charge in [0.25, 0.3) is 0 Å². The molecule has 4 heteroatoms. The molecule has 1 saturated heterocycles. The van der Waals surface area contributed by atoms with E-state index in [4.69, 9.17) is 5.11 Å². The first kappa shape index (κ1) is 13.9. The zero-order valence-electron chi connectivity index (χ0n) is 11.2. The summed E-state index contributed by atoms with van der Waals surface area (Å²) >= 11 is 1.81. The van der Waals surface area contributed by atoms with Gasteiger partial charge in [0.15, 0.2) is 0 Å².